The molecular formula is C19H18N4O2. The highest BCUT2D eigenvalue weighted by molar-refractivity contribution is 5.82. The van der Waals surface area contributed by atoms with Gasteiger partial charge in [-0.15, -0.1) is 5.10 Å². The topological polar surface area (TPSA) is 75.6 Å². The zero-order valence-corrected chi connectivity index (χ0v) is 13.6. The molecule has 6 nitrogen and oxygen atoms in total. The van der Waals surface area contributed by atoms with Crippen LogP contribution in [0.25, 0.3) is 28.1 Å². The minimum absolute atomic E-state index is 0.129. The van der Waals surface area contributed by atoms with Crippen molar-refractivity contribution in [1.82, 2.24) is 14.6 Å². The van der Waals surface area contributed by atoms with Crippen molar-refractivity contribution in [3.8, 4) is 11.5 Å². The number of furan rings is 1. The molecule has 126 valence electrons. The summed E-state index contributed by atoms with van der Waals surface area (Å²) < 4.78 is 7.75. The monoisotopic (exact) mass is 334 g/mol. The van der Waals surface area contributed by atoms with Crippen molar-refractivity contribution >= 4 is 22.4 Å². The van der Waals surface area contributed by atoms with Crippen LogP contribution in [0, 0.1) is 5.92 Å². The summed E-state index contributed by atoms with van der Waals surface area (Å²) in [6, 6.07) is 13.8. The predicted octanol–water partition coefficient (Wildman–Crippen LogP) is 3.33. The SMILES string of the molecule is O[C@H]1C[C@H](CNc2ccc3ncc(-c4cc5ccccc5o4)n3n2)C1. The van der Waals surface area contributed by atoms with Crippen molar-refractivity contribution in [2.24, 2.45) is 5.92 Å². The van der Waals surface area contributed by atoms with Crippen molar-refractivity contribution in [1.29, 1.82) is 0 Å². The summed E-state index contributed by atoms with van der Waals surface area (Å²) in [6.45, 7) is 0.824. The second-order valence-corrected chi connectivity index (χ2v) is 6.65. The number of anilines is 1. The number of aliphatic hydroxyl groups is 1. The van der Waals surface area contributed by atoms with Crippen LogP contribution in [0.5, 0.6) is 0 Å². The quantitative estimate of drug-likeness (QED) is 0.599. The van der Waals surface area contributed by atoms with E-state index in [0.717, 1.165) is 53.3 Å². The molecular weight excluding hydrogens is 316 g/mol. The fourth-order valence-electron chi connectivity index (χ4n) is 3.36. The van der Waals surface area contributed by atoms with E-state index in [2.05, 4.69) is 15.4 Å². The van der Waals surface area contributed by atoms with E-state index in [0.29, 0.717) is 5.92 Å². The molecule has 1 saturated carbocycles. The van der Waals surface area contributed by atoms with Gasteiger partial charge in [-0.25, -0.2) is 9.50 Å². The van der Waals surface area contributed by atoms with Crippen LogP contribution < -0.4 is 5.32 Å². The molecule has 0 atom stereocenters. The first-order chi connectivity index (χ1) is 12.3. The van der Waals surface area contributed by atoms with E-state index in [1.165, 1.54) is 0 Å². The molecule has 1 aliphatic rings. The second-order valence-electron chi connectivity index (χ2n) is 6.65. The first-order valence-corrected chi connectivity index (χ1v) is 8.52. The van der Waals surface area contributed by atoms with Crippen molar-refractivity contribution < 1.29 is 9.52 Å². The van der Waals surface area contributed by atoms with Crippen LogP contribution in [0.15, 0.2) is 53.1 Å². The zero-order valence-electron chi connectivity index (χ0n) is 13.6. The molecule has 0 spiro atoms. The zero-order chi connectivity index (χ0) is 16.8. The second kappa shape index (κ2) is 5.60. The average molecular weight is 334 g/mol. The third kappa shape index (κ3) is 2.55. The fourth-order valence-corrected chi connectivity index (χ4v) is 3.36. The molecule has 4 aromatic rings. The Labute approximate surface area is 144 Å². The molecule has 25 heavy (non-hydrogen) atoms. The van der Waals surface area contributed by atoms with Crippen molar-refractivity contribution in [3.63, 3.8) is 0 Å². The Bertz CT molecular complexity index is 1010. The van der Waals surface area contributed by atoms with Crippen LogP contribution in [-0.4, -0.2) is 32.4 Å². The molecule has 0 saturated heterocycles. The summed E-state index contributed by atoms with van der Waals surface area (Å²) in [7, 11) is 0. The van der Waals surface area contributed by atoms with Crippen LogP contribution in [0.3, 0.4) is 0 Å². The van der Waals surface area contributed by atoms with E-state index >= 15 is 0 Å². The number of aromatic nitrogens is 3. The number of nitrogens with zero attached hydrogens (tertiary/aromatic N) is 3. The van der Waals surface area contributed by atoms with Gasteiger partial charge >= 0.3 is 0 Å². The van der Waals surface area contributed by atoms with Crippen LogP contribution in [0.4, 0.5) is 5.82 Å². The molecule has 0 amide bonds. The third-order valence-corrected chi connectivity index (χ3v) is 4.82. The van der Waals surface area contributed by atoms with Gasteiger partial charge in [0, 0.05) is 11.9 Å². The van der Waals surface area contributed by atoms with E-state index in [-0.39, 0.29) is 6.10 Å². The molecule has 6 heteroatoms. The van der Waals surface area contributed by atoms with Crippen LogP contribution in [-0.2, 0) is 0 Å². The lowest BCUT2D eigenvalue weighted by atomic mass is 9.82. The Morgan fingerprint density at radius 3 is 2.92 bits per heavy atom. The van der Waals surface area contributed by atoms with Crippen LogP contribution in [0.2, 0.25) is 0 Å². The number of aliphatic hydroxyl groups excluding tert-OH is 1. The predicted molar refractivity (Wildman–Crippen MR) is 95.4 cm³/mol. The van der Waals surface area contributed by atoms with Gasteiger partial charge in [0.2, 0.25) is 0 Å². The van der Waals surface area contributed by atoms with E-state index in [1.54, 1.807) is 10.7 Å². The largest absolute Gasteiger partial charge is 0.454 e. The molecule has 0 radical (unpaired) electrons. The molecule has 0 aliphatic heterocycles. The maximum absolute atomic E-state index is 9.39. The Kier molecular flexibility index (Phi) is 3.24. The Hall–Kier alpha value is -2.86. The minimum Gasteiger partial charge on any atom is -0.454 e. The van der Waals surface area contributed by atoms with Gasteiger partial charge in [0.15, 0.2) is 11.4 Å². The van der Waals surface area contributed by atoms with Gasteiger partial charge in [0.25, 0.3) is 0 Å². The van der Waals surface area contributed by atoms with Crippen LogP contribution >= 0.6 is 0 Å². The average Bonchev–Trinajstić information content (AvgIpc) is 3.20. The molecule has 1 aliphatic carbocycles. The molecule has 0 unspecified atom stereocenters. The number of nitrogens with one attached hydrogen (secondary N) is 1. The summed E-state index contributed by atoms with van der Waals surface area (Å²) in [5, 5.41) is 18.5. The maximum Gasteiger partial charge on any atom is 0.155 e. The van der Waals surface area contributed by atoms with Crippen molar-refractivity contribution in [3.05, 3.63) is 48.7 Å². The maximum atomic E-state index is 9.39. The normalized spacial score (nSPS) is 20.0. The van der Waals surface area contributed by atoms with E-state index in [1.807, 2.05) is 42.5 Å². The van der Waals surface area contributed by atoms with Crippen molar-refractivity contribution in [2.75, 3.05) is 11.9 Å². The number of para-hydroxylation sites is 1. The van der Waals surface area contributed by atoms with Crippen LogP contribution in [0.1, 0.15) is 12.8 Å². The Balaban J connectivity index is 1.47. The van der Waals surface area contributed by atoms with E-state index in [9.17, 15) is 5.11 Å². The molecule has 1 aromatic carbocycles. The van der Waals surface area contributed by atoms with Gasteiger partial charge in [-0.2, -0.15) is 0 Å². The summed E-state index contributed by atoms with van der Waals surface area (Å²) >= 11 is 0. The lowest BCUT2D eigenvalue weighted by Crippen LogP contribution is -2.33. The van der Waals surface area contributed by atoms with Gasteiger partial charge in [0.1, 0.15) is 17.1 Å². The molecule has 0 bridgehead atoms. The van der Waals surface area contributed by atoms with E-state index < -0.39 is 0 Å². The number of hydrogen-bond acceptors (Lipinski definition) is 5. The molecule has 1 fully saturated rings. The summed E-state index contributed by atoms with van der Waals surface area (Å²) in [4.78, 5) is 4.42. The first kappa shape index (κ1) is 14.5. The Morgan fingerprint density at radius 1 is 1.20 bits per heavy atom. The summed E-state index contributed by atoms with van der Waals surface area (Å²) in [5.74, 6) is 2.06. The number of hydrogen-bond donors (Lipinski definition) is 2. The highest BCUT2D eigenvalue weighted by atomic mass is 16.3. The van der Waals surface area contributed by atoms with Gasteiger partial charge in [-0.1, -0.05) is 18.2 Å². The summed E-state index contributed by atoms with van der Waals surface area (Å²) in [6.07, 6.45) is 3.39. The molecule has 5 rings (SSSR count). The number of benzene rings is 1. The number of rotatable bonds is 4. The highest BCUT2D eigenvalue weighted by Gasteiger charge is 2.26. The summed E-state index contributed by atoms with van der Waals surface area (Å²) in [5.41, 5.74) is 2.46. The highest BCUT2D eigenvalue weighted by Crippen LogP contribution is 2.29. The van der Waals surface area contributed by atoms with Gasteiger partial charge in [0.05, 0.1) is 12.3 Å². The fraction of sp³-hybridized carbons (Fsp3) is 0.263. The molecule has 3 aromatic heterocycles. The van der Waals surface area contributed by atoms with Gasteiger partial charge < -0.3 is 14.8 Å². The standard InChI is InChI=1S/C19H18N4O2/c24-14-7-12(8-14)10-20-18-5-6-19-21-11-15(23(19)22-18)17-9-13-3-1-2-4-16(13)25-17/h1-6,9,11-12,14,24H,7-8,10H2,(H,20,22)/t12-,14-. The third-order valence-electron chi connectivity index (χ3n) is 4.82. The van der Waals surface area contributed by atoms with Crippen molar-refractivity contribution in [2.45, 2.75) is 18.9 Å². The number of imidazole rings is 1. The smallest absolute Gasteiger partial charge is 0.155 e. The lowest BCUT2D eigenvalue weighted by Gasteiger charge is -2.31. The first-order valence-electron chi connectivity index (χ1n) is 8.52. The Morgan fingerprint density at radius 2 is 2.08 bits per heavy atom. The van der Waals surface area contributed by atoms with E-state index in [4.69, 9.17) is 4.42 Å². The lowest BCUT2D eigenvalue weighted by molar-refractivity contribution is 0.0486. The van der Waals surface area contributed by atoms with Gasteiger partial charge in [-0.05, 0) is 43.0 Å². The minimum atomic E-state index is -0.129. The molecule has 2 N–H and O–H groups in total. The molecule has 3 heterocycles. The number of fused-ring (bicyclic) bond motifs is 2. The van der Waals surface area contributed by atoms with Gasteiger partial charge in [-0.3, -0.25) is 0 Å².